The molecule has 3 fully saturated rings. The molecule has 1 aromatic rings. The van der Waals surface area contributed by atoms with Gasteiger partial charge in [0.15, 0.2) is 0 Å². The molecule has 1 spiro atoms. The average Bonchev–Trinajstić information content (AvgIpc) is 3.04. The van der Waals surface area contributed by atoms with E-state index in [1.54, 1.807) is 6.20 Å². The first-order valence-electron chi connectivity index (χ1n) is 11.1. The van der Waals surface area contributed by atoms with Crippen molar-refractivity contribution in [3.8, 4) is 0 Å². The number of aryl methyl sites for hydroxylation is 1. The number of aromatic nitrogens is 1. The summed E-state index contributed by atoms with van der Waals surface area (Å²) in [5.74, 6) is 1.16. The quantitative estimate of drug-likeness (QED) is 0.812. The van der Waals surface area contributed by atoms with Crippen molar-refractivity contribution in [3.63, 3.8) is 0 Å². The lowest BCUT2D eigenvalue weighted by atomic mass is 9.78. The van der Waals surface area contributed by atoms with Crippen LogP contribution < -0.4 is 9.80 Å². The molecule has 0 aliphatic carbocycles. The van der Waals surface area contributed by atoms with Crippen molar-refractivity contribution in [2.24, 2.45) is 5.41 Å². The first kappa shape index (κ1) is 20.9. The molecule has 0 radical (unpaired) electrons. The molecule has 4 heterocycles. The Labute approximate surface area is 177 Å². The number of carboxylic acid groups (broad SMARTS) is 1. The van der Waals surface area contributed by atoms with Crippen molar-refractivity contribution >= 4 is 23.5 Å². The van der Waals surface area contributed by atoms with E-state index in [4.69, 9.17) is 4.74 Å². The minimum atomic E-state index is -0.979. The van der Waals surface area contributed by atoms with Crippen molar-refractivity contribution in [2.45, 2.75) is 52.0 Å². The SMILES string of the molecule is CCN(C(=O)O)c1cnc(N2CCC[C@]3(CCN(C4CCOCC4)C3=O)C2)c(C)c1. The second-order valence-electron chi connectivity index (χ2n) is 8.76. The topological polar surface area (TPSA) is 86.2 Å². The van der Waals surface area contributed by atoms with Crippen LogP contribution in [0.5, 0.6) is 0 Å². The number of anilines is 2. The second-order valence-corrected chi connectivity index (χ2v) is 8.76. The predicted molar refractivity (Wildman–Crippen MR) is 114 cm³/mol. The fourth-order valence-electron chi connectivity index (χ4n) is 5.34. The van der Waals surface area contributed by atoms with Gasteiger partial charge in [-0.3, -0.25) is 9.69 Å². The first-order valence-corrected chi connectivity index (χ1v) is 11.1. The van der Waals surface area contributed by atoms with E-state index < -0.39 is 6.09 Å². The van der Waals surface area contributed by atoms with Gasteiger partial charge in [0.25, 0.3) is 0 Å². The molecule has 1 aromatic heterocycles. The Balaban J connectivity index is 1.51. The third-order valence-electron chi connectivity index (χ3n) is 6.95. The van der Waals surface area contributed by atoms with Crippen LogP contribution in [0.2, 0.25) is 0 Å². The van der Waals surface area contributed by atoms with Crippen LogP contribution in [-0.4, -0.2) is 72.4 Å². The molecule has 3 aliphatic rings. The molecule has 164 valence electrons. The van der Waals surface area contributed by atoms with E-state index in [1.807, 2.05) is 19.9 Å². The normalized spacial score (nSPS) is 25.2. The van der Waals surface area contributed by atoms with Gasteiger partial charge < -0.3 is 19.6 Å². The number of piperidine rings is 1. The molecule has 0 saturated carbocycles. The zero-order valence-electron chi connectivity index (χ0n) is 18.0. The molecule has 0 bridgehead atoms. The van der Waals surface area contributed by atoms with Gasteiger partial charge in [-0.25, -0.2) is 9.78 Å². The number of carbonyl (C=O) groups excluding carboxylic acids is 1. The molecular weight excluding hydrogens is 384 g/mol. The van der Waals surface area contributed by atoms with Crippen LogP contribution in [0, 0.1) is 12.3 Å². The molecule has 1 N–H and O–H groups in total. The van der Waals surface area contributed by atoms with Crippen LogP contribution in [0.4, 0.5) is 16.3 Å². The number of nitrogens with zero attached hydrogens (tertiary/aromatic N) is 4. The van der Waals surface area contributed by atoms with Crippen LogP contribution in [0.1, 0.15) is 44.6 Å². The summed E-state index contributed by atoms with van der Waals surface area (Å²) in [4.78, 5) is 35.1. The Morgan fingerprint density at radius 3 is 2.77 bits per heavy atom. The van der Waals surface area contributed by atoms with E-state index in [0.717, 1.165) is 69.8 Å². The predicted octanol–water partition coefficient (Wildman–Crippen LogP) is 2.89. The van der Waals surface area contributed by atoms with E-state index in [1.165, 1.54) is 4.90 Å². The summed E-state index contributed by atoms with van der Waals surface area (Å²) in [6, 6.07) is 2.20. The van der Waals surface area contributed by atoms with Gasteiger partial charge in [0.2, 0.25) is 5.91 Å². The highest BCUT2D eigenvalue weighted by Crippen LogP contribution is 2.43. The maximum atomic E-state index is 13.5. The van der Waals surface area contributed by atoms with Crippen molar-refractivity contribution in [3.05, 3.63) is 17.8 Å². The molecule has 4 rings (SSSR count). The van der Waals surface area contributed by atoms with Gasteiger partial charge in [0.1, 0.15) is 5.82 Å². The largest absolute Gasteiger partial charge is 0.465 e. The highest BCUT2D eigenvalue weighted by atomic mass is 16.5. The maximum absolute atomic E-state index is 13.5. The van der Waals surface area contributed by atoms with Crippen LogP contribution in [0.15, 0.2) is 12.3 Å². The van der Waals surface area contributed by atoms with E-state index in [9.17, 15) is 14.7 Å². The van der Waals surface area contributed by atoms with Crippen LogP contribution in [0.25, 0.3) is 0 Å². The van der Waals surface area contributed by atoms with Gasteiger partial charge >= 0.3 is 6.09 Å². The molecule has 8 heteroatoms. The van der Waals surface area contributed by atoms with Crippen LogP contribution >= 0.6 is 0 Å². The average molecular weight is 417 g/mol. The third-order valence-corrected chi connectivity index (χ3v) is 6.95. The van der Waals surface area contributed by atoms with E-state index >= 15 is 0 Å². The van der Waals surface area contributed by atoms with Gasteiger partial charge in [-0.05, 0) is 57.6 Å². The van der Waals surface area contributed by atoms with Crippen molar-refractivity contribution in [1.82, 2.24) is 9.88 Å². The Hall–Kier alpha value is -2.35. The Morgan fingerprint density at radius 2 is 2.10 bits per heavy atom. The smallest absolute Gasteiger partial charge is 0.411 e. The Kier molecular flexibility index (Phi) is 5.86. The molecule has 3 saturated heterocycles. The minimum absolute atomic E-state index is 0.302. The van der Waals surface area contributed by atoms with E-state index in [0.29, 0.717) is 30.7 Å². The van der Waals surface area contributed by atoms with Gasteiger partial charge in [0.05, 0.1) is 17.3 Å². The minimum Gasteiger partial charge on any atom is -0.465 e. The Morgan fingerprint density at radius 1 is 1.33 bits per heavy atom. The van der Waals surface area contributed by atoms with Crippen LogP contribution in [0.3, 0.4) is 0 Å². The number of carbonyl (C=O) groups is 2. The summed E-state index contributed by atoms with van der Waals surface area (Å²) in [6.45, 7) is 8.04. The monoisotopic (exact) mass is 416 g/mol. The zero-order valence-corrected chi connectivity index (χ0v) is 18.0. The summed E-state index contributed by atoms with van der Waals surface area (Å²) < 4.78 is 5.47. The fourth-order valence-corrected chi connectivity index (χ4v) is 5.34. The number of amides is 2. The molecule has 2 amide bonds. The maximum Gasteiger partial charge on any atom is 0.411 e. The number of pyridine rings is 1. The number of hydrogen-bond acceptors (Lipinski definition) is 5. The van der Waals surface area contributed by atoms with Gasteiger partial charge in [-0.1, -0.05) is 0 Å². The lowest BCUT2D eigenvalue weighted by Gasteiger charge is -2.41. The van der Waals surface area contributed by atoms with Gasteiger partial charge in [0, 0.05) is 45.4 Å². The van der Waals surface area contributed by atoms with Crippen molar-refractivity contribution in [1.29, 1.82) is 0 Å². The molecule has 30 heavy (non-hydrogen) atoms. The van der Waals surface area contributed by atoms with Gasteiger partial charge in [-0.2, -0.15) is 0 Å². The summed E-state index contributed by atoms with van der Waals surface area (Å²) in [5, 5.41) is 9.37. The Bertz CT molecular complexity index is 810. The zero-order chi connectivity index (χ0) is 21.3. The van der Waals surface area contributed by atoms with Crippen molar-refractivity contribution in [2.75, 3.05) is 49.2 Å². The van der Waals surface area contributed by atoms with Crippen molar-refractivity contribution < 1.29 is 19.4 Å². The molecule has 3 aliphatic heterocycles. The molecular formula is C22H32N4O4. The summed E-state index contributed by atoms with van der Waals surface area (Å²) in [6.07, 6.45) is 5.32. The summed E-state index contributed by atoms with van der Waals surface area (Å²) >= 11 is 0. The summed E-state index contributed by atoms with van der Waals surface area (Å²) in [5.41, 5.74) is 1.21. The molecule has 8 nitrogen and oxygen atoms in total. The molecule has 0 aromatic carbocycles. The van der Waals surface area contributed by atoms with E-state index in [-0.39, 0.29) is 5.41 Å². The first-order chi connectivity index (χ1) is 14.4. The lowest BCUT2D eigenvalue weighted by Crippen LogP contribution is -2.50. The highest BCUT2D eigenvalue weighted by Gasteiger charge is 2.50. The summed E-state index contributed by atoms with van der Waals surface area (Å²) in [7, 11) is 0. The number of hydrogen-bond donors (Lipinski definition) is 1. The molecule has 0 unspecified atom stereocenters. The number of rotatable bonds is 4. The van der Waals surface area contributed by atoms with Crippen LogP contribution in [-0.2, 0) is 9.53 Å². The van der Waals surface area contributed by atoms with Gasteiger partial charge in [-0.15, -0.1) is 0 Å². The standard InChI is InChI=1S/C22H32N4O4/c1-3-25(21(28)29)18-13-16(2)19(23-14-18)24-9-4-7-22(15-24)8-10-26(20(22)27)17-5-11-30-12-6-17/h13-14,17H,3-12,15H2,1-2H3,(H,28,29)/t22-/m0/s1. The fraction of sp³-hybridized carbons (Fsp3) is 0.682. The molecule has 1 atom stereocenters. The number of likely N-dealkylation sites (tertiary alicyclic amines) is 1. The lowest BCUT2D eigenvalue weighted by molar-refractivity contribution is -0.139. The number of ether oxygens (including phenoxy) is 1. The second kappa shape index (κ2) is 8.41. The van der Waals surface area contributed by atoms with E-state index in [2.05, 4.69) is 14.8 Å². The third kappa shape index (κ3) is 3.73. The highest BCUT2D eigenvalue weighted by molar-refractivity contribution is 5.87.